The van der Waals surface area contributed by atoms with Crippen LogP contribution < -0.4 is 15.5 Å². The number of amides is 2. The van der Waals surface area contributed by atoms with E-state index in [1.165, 1.54) is 26.2 Å². The highest BCUT2D eigenvalue weighted by Gasteiger charge is 2.24. The summed E-state index contributed by atoms with van der Waals surface area (Å²) in [6.07, 6.45) is 3.16. The molecule has 0 unspecified atom stereocenters. The summed E-state index contributed by atoms with van der Waals surface area (Å²) < 4.78 is 26.3. The second-order valence-corrected chi connectivity index (χ2v) is 10.1. The van der Waals surface area contributed by atoms with Crippen LogP contribution in [0.2, 0.25) is 0 Å². The van der Waals surface area contributed by atoms with E-state index < -0.39 is 15.9 Å². The first kappa shape index (κ1) is 23.7. The monoisotopic (exact) mass is 458 g/mol. The van der Waals surface area contributed by atoms with Crippen molar-refractivity contribution in [3.05, 3.63) is 59.7 Å². The van der Waals surface area contributed by atoms with Gasteiger partial charge in [-0.15, -0.1) is 0 Å². The van der Waals surface area contributed by atoms with Gasteiger partial charge >= 0.3 is 0 Å². The number of carbonyl (C=O) groups excluding carboxylic acids is 2. The maximum Gasteiger partial charge on any atom is 0.253 e. The molecule has 1 heterocycles. The summed E-state index contributed by atoms with van der Waals surface area (Å²) in [6.45, 7) is 1.77. The second-order valence-electron chi connectivity index (χ2n) is 7.96. The number of piperidine rings is 1. The molecule has 2 aromatic rings. The van der Waals surface area contributed by atoms with E-state index in [0.717, 1.165) is 42.2 Å². The average molecular weight is 459 g/mol. The van der Waals surface area contributed by atoms with Gasteiger partial charge in [-0.1, -0.05) is 30.3 Å². The van der Waals surface area contributed by atoms with E-state index in [4.69, 9.17) is 0 Å². The summed E-state index contributed by atoms with van der Waals surface area (Å²) in [4.78, 5) is 27.4. The molecule has 0 bridgehead atoms. The Hall–Kier alpha value is -2.91. The molecule has 0 aromatic heterocycles. The molecule has 1 aliphatic rings. The Morgan fingerprint density at radius 3 is 2.31 bits per heavy atom. The largest absolute Gasteiger partial charge is 0.371 e. The molecule has 0 saturated carbocycles. The lowest BCUT2D eigenvalue weighted by Gasteiger charge is -2.30. The zero-order chi connectivity index (χ0) is 23.1. The van der Waals surface area contributed by atoms with Crippen LogP contribution in [0.1, 0.15) is 35.2 Å². The number of sulfonamides is 1. The van der Waals surface area contributed by atoms with Crippen LogP contribution in [0.3, 0.4) is 0 Å². The molecule has 1 aliphatic heterocycles. The van der Waals surface area contributed by atoms with E-state index in [1.807, 2.05) is 30.3 Å². The maximum atomic E-state index is 13.0. The van der Waals surface area contributed by atoms with Gasteiger partial charge in [0.25, 0.3) is 5.91 Å². The zero-order valence-electron chi connectivity index (χ0n) is 18.5. The molecule has 2 amide bonds. The molecular formula is C23H30N4O4S. The van der Waals surface area contributed by atoms with Gasteiger partial charge in [-0.3, -0.25) is 9.59 Å². The normalized spacial score (nSPS) is 14.3. The number of benzene rings is 2. The van der Waals surface area contributed by atoms with Crippen LogP contribution in [0.15, 0.2) is 53.4 Å². The Morgan fingerprint density at radius 2 is 1.66 bits per heavy atom. The highest BCUT2D eigenvalue weighted by molar-refractivity contribution is 7.89. The predicted molar refractivity (Wildman–Crippen MR) is 124 cm³/mol. The van der Waals surface area contributed by atoms with Crippen molar-refractivity contribution in [2.24, 2.45) is 0 Å². The Bertz CT molecular complexity index is 1050. The fourth-order valence-corrected chi connectivity index (χ4v) is 4.52. The molecule has 1 fully saturated rings. The lowest BCUT2D eigenvalue weighted by Crippen LogP contribution is -2.38. The first-order valence-corrected chi connectivity index (χ1v) is 12.1. The SMILES string of the molecule is CN(C)S(=O)(=O)c1ccc(N2CCCCC2)c(C(=O)NCC(=O)NCc2ccccc2)c1. The molecule has 0 spiro atoms. The van der Waals surface area contributed by atoms with Crippen LogP contribution in [0.25, 0.3) is 0 Å². The van der Waals surface area contributed by atoms with E-state index >= 15 is 0 Å². The van der Waals surface area contributed by atoms with Crippen LogP contribution in [0.5, 0.6) is 0 Å². The zero-order valence-corrected chi connectivity index (χ0v) is 19.3. The fourth-order valence-electron chi connectivity index (χ4n) is 3.59. The predicted octanol–water partition coefficient (Wildman–Crippen LogP) is 1.97. The van der Waals surface area contributed by atoms with Crippen LogP contribution >= 0.6 is 0 Å². The summed E-state index contributed by atoms with van der Waals surface area (Å²) in [6, 6.07) is 14.1. The topological polar surface area (TPSA) is 98.8 Å². The van der Waals surface area contributed by atoms with Crippen molar-refractivity contribution in [2.45, 2.75) is 30.7 Å². The Labute approximate surface area is 189 Å². The van der Waals surface area contributed by atoms with Gasteiger partial charge in [0.15, 0.2) is 0 Å². The van der Waals surface area contributed by atoms with E-state index in [2.05, 4.69) is 15.5 Å². The third-order valence-electron chi connectivity index (χ3n) is 5.43. The van der Waals surface area contributed by atoms with Crippen molar-refractivity contribution in [1.29, 1.82) is 0 Å². The number of nitrogens with zero attached hydrogens (tertiary/aromatic N) is 2. The summed E-state index contributed by atoms with van der Waals surface area (Å²) in [7, 11) is -0.797. The molecule has 32 heavy (non-hydrogen) atoms. The summed E-state index contributed by atoms with van der Waals surface area (Å²) in [5.74, 6) is -0.796. The van der Waals surface area contributed by atoms with Gasteiger partial charge in [0.2, 0.25) is 15.9 Å². The number of anilines is 1. The van der Waals surface area contributed by atoms with Crippen molar-refractivity contribution in [2.75, 3.05) is 38.6 Å². The number of carbonyl (C=O) groups is 2. The van der Waals surface area contributed by atoms with Gasteiger partial charge in [-0.2, -0.15) is 0 Å². The first-order valence-electron chi connectivity index (χ1n) is 10.7. The summed E-state index contributed by atoms with van der Waals surface area (Å²) >= 11 is 0. The van der Waals surface area contributed by atoms with Gasteiger partial charge in [-0.05, 0) is 43.0 Å². The summed E-state index contributed by atoms with van der Waals surface area (Å²) in [5.41, 5.74) is 1.90. The molecule has 2 aromatic carbocycles. The van der Waals surface area contributed by atoms with Crippen LogP contribution in [-0.4, -0.2) is 58.3 Å². The minimum atomic E-state index is -3.70. The van der Waals surface area contributed by atoms with Crippen LogP contribution in [0, 0.1) is 0 Å². The average Bonchev–Trinajstić information content (AvgIpc) is 2.82. The molecule has 3 rings (SSSR count). The van der Waals surface area contributed by atoms with Crippen LogP contribution in [-0.2, 0) is 21.4 Å². The third-order valence-corrected chi connectivity index (χ3v) is 7.24. The number of hydrogen-bond donors (Lipinski definition) is 2. The van der Waals surface area contributed by atoms with Gasteiger partial charge in [0.1, 0.15) is 0 Å². The van der Waals surface area contributed by atoms with Gasteiger partial charge in [0.05, 0.1) is 17.0 Å². The molecule has 8 nitrogen and oxygen atoms in total. The van der Waals surface area contributed by atoms with Crippen molar-refractivity contribution in [3.63, 3.8) is 0 Å². The smallest absolute Gasteiger partial charge is 0.253 e. The Kier molecular flexibility index (Phi) is 7.87. The fraction of sp³-hybridized carbons (Fsp3) is 0.391. The second kappa shape index (κ2) is 10.6. The standard InChI is InChI=1S/C23H30N4O4S/c1-26(2)32(30,31)19-11-12-21(27-13-7-4-8-14-27)20(15-19)23(29)25-17-22(28)24-16-18-9-5-3-6-10-18/h3,5-6,9-12,15H,4,7-8,13-14,16-17H2,1-2H3,(H,24,28)(H,25,29). The number of hydrogen-bond acceptors (Lipinski definition) is 5. The molecule has 0 radical (unpaired) electrons. The molecular weight excluding hydrogens is 428 g/mol. The quantitative estimate of drug-likeness (QED) is 0.630. The van der Waals surface area contributed by atoms with E-state index in [0.29, 0.717) is 12.2 Å². The molecule has 1 saturated heterocycles. The van der Waals surface area contributed by atoms with Crippen molar-refractivity contribution < 1.29 is 18.0 Å². The first-order chi connectivity index (χ1) is 15.3. The molecule has 0 aliphatic carbocycles. The van der Waals surface area contributed by atoms with Crippen LogP contribution in [0.4, 0.5) is 5.69 Å². The maximum absolute atomic E-state index is 13.0. The van der Waals surface area contributed by atoms with Crippen molar-refractivity contribution in [3.8, 4) is 0 Å². The molecule has 9 heteroatoms. The Morgan fingerprint density at radius 1 is 0.969 bits per heavy atom. The highest BCUT2D eigenvalue weighted by atomic mass is 32.2. The number of nitrogens with one attached hydrogen (secondary N) is 2. The van der Waals surface area contributed by atoms with E-state index in [-0.39, 0.29) is 22.9 Å². The highest BCUT2D eigenvalue weighted by Crippen LogP contribution is 2.27. The lowest BCUT2D eigenvalue weighted by molar-refractivity contribution is -0.120. The van der Waals surface area contributed by atoms with Crippen molar-refractivity contribution >= 4 is 27.5 Å². The minimum Gasteiger partial charge on any atom is -0.371 e. The minimum absolute atomic E-state index is 0.0435. The van der Waals surface area contributed by atoms with Gasteiger partial charge < -0.3 is 15.5 Å². The van der Waals surface area contributed by atoms with Gasteiger partial charge in [-0.25, -0.2) is 12.7 Å². The number of rotatable bonds is 8. The molecule has 2 N–H and O–H groups in total. The summed E-state index contributed by atoms with van der Waals surface area (Å²) in [5, 5.41) is 5.40. The molecule has 0 atom stereocenters. The van der Waals surface area contributed by atoms with E-state index in [1.54, 1.807) is 6.07 Å². The molecule has 172 valence electrons. The lowest BCUT2D eigenvalue weighted by atomic mass is 10.1. The van der Waals surface area contributed by atoms with Crippen molar-refractivity contribution in [1.82, 2.24) is 14.9 Å². The van der Waals surface area contributed by atoms with Gasteiger partial charge in [0, 0.05) is 39.4 Å². The van der Waals surface area contributed by atoms with E-state index in [9.17, 15) is 18.0 Å². The third kappa shape index (κ3) is 5.86. The Balaban J connectivity index is 1.75.